The molecule has 0 aromatic heterocycles. The fourth-order valence-electron chi connectivity index (χ4n) is 3.78. The number of hydrogen-bond donors (Lipinski definition) is 2. The number of imide groups is 1. The Morgan fingerprint density at radius 1 is 1.25 bits per heavy atom. The van der Waals surface area contributed by atoms with Crippen molar-refractivity contribution in [3.8, 4) is 5.75 Å². The second kappa shape index (κ2) is 11.7. The molecule has 2 amide bonds. The number of nitrogens with one attached hydrogen (secondary N) is 2. The zero-order chi connectivity index (χ0) is 23.0. The Kier molecular flexibility index (Phi) is 8.93. The number of carbonyl (C=O) groups excluding carboxylic acids is 2. The smallest absolute Gasteiger partial charge is 0.229 e. The topological polar surface area (TPSA) is 84.5 Å². The Balaban J connectivity index is 1.51. The van der Waals surface area contributed by atoms with Gasteiger partial charge in [0, 0.05) is 33.8 Å². The lowest BCUT2D eigenvalue weighted by molar-refractivity contribution is -0.136. The lowest BCUT2D eigenvalue weighted by Gasteiger charge is -2.20. The van der Waals surface area contributed by atoms with Crippen molar-refractivity contribution >= 4 is 26.9 Å². The summed E-state index contributed by atoms with van der Waals surface area (Å²) >= 11 is 0. The summed E-state index contributed by atoms with van der Waals surface area (Å²) in [5.74, 6) is 1.55. The Bertz CT molecular complexity index is 945. The molecule has 2 aliphatic rings. The first kappa shape index (κ1) is 24.5. The maximum atomic E-state index is 13.5. The quantitative estimate of drug-likeness (QED) is 0.281. The van der Waals surface area contributed by atoms with E-state index in [9.17, 15) is 13.8 Å². The van der Waals surface area contributed by atoms with Crippen LogP contribution in [0.5, 0.6) is 5.75 Å². The Hall–Kier alpha value is -2.12. The summed E-state index contributed by atoms with van der Waals surface area (Å²) < 4.78 is 22.7. The van der Waals surface area contributed by atoms with Crippen LogP contribution >= 0.6 is 0 Å². The van der Waals surface area contributed by atoms with Crippen LogP contribution in [0.1, 0.15) is 70.4 Å². The molecule has 176 valence electrons. The third-order valence-corrected chi connectivity index (χ3v) is 8.35. The van der Waals surface area contributed by atoms with Crippen molar-refractivity contribution in [1.29, 1.82) is 0 Å². The summed E-state index contributed by atoms with van der Waals surface area (Å²) in [6, 6.07) is 7.96. The number of carbonyl (C=O) groups is 2. The fraction of sp³-hybridized carbons (Fsp3) is 0.560. The average Bonchev–Trinajstić information content (AvgIpc) is 3.58. The van der Waals surface area contributed by atoms with Crippen LogP contribution < -0.4 is 14.8 Å². The SMILES string of the molecule is CCC=S(=O)(CC/C=C/CC1CCC(=O)NC1=O)N[C@H](C)c1cccc(OCC2CC2)c1. The van der Waals surface area contributed by atoms with Crippen molar-refractivity contribution in [2.75, 3.05) is 12.4 Å². The van der Waals surface area contributed by atoms with Gasteiger partial charge in [-0.2, -0.15) is 0 Å². The molecule has 1 aliphatic heterocycles. The van der Waals surface area contributed by atoms with Gasteiger partial charge in [-0.05, 0) is 74.4 Å². The van der Waals surface area contributed by atoms with Gasteiger partial charge in [-0.15, -0.1) is 0 Å². The van der Waals surface area contributed by atoms with Crippen LogP contribution in [0.3, 0.4) is 0 Å². The minimum Gasteiger partial charge on any atom is -0.493 e. The lowest BCUT2D eigenvalue weighted by atomic mass is 9.95. The normalized spacial score (nSPS) is 21.8. The highest BCUT2D eigenvalue weighted by Gasteiger charge is 2.25. The van der Waals surface area contributed by atoms with E-state index in [1.54, 1.807) is 0 Å². The van der Waals surface area contributed by atoms with E-state index in [1.807, 2.05) is 55.6 Å². The molecule has 2 unspecified atom stereocenters. The molecule has 6 nitrogen and oxygen atoms in total. The van der Waals surface area contributed by atoms with Crippen LogP contribution in [0.2, 0.25) is 0 Å². The number of hydrogen-bond acceptors (Lipinski definition) is 4. The zero-order valence-electron chi connectivity index (χ0n) is 19.2. The van der Waals surface area contributed by atoms with Gasteiger partial charge in [0.2, 0.25) is 11.8 Å². The lowest BCUT2D eigenvalue weighted by Crippen LogP contribution is -2.40. The number of amides is 2. The van der Waals surface area contributed by atoms with Crippen LogP contribution in [0, 0.1) is 11.8 Å². The van der Waals surface area contributed by atoms with Crippen LogP contribution in [0.4, 0.5) is 0 Å². The van der Waals surface area contributed by atoms with Gasteiger partial charge in [-0.3, -0.25) is 19.1 Å². The molecule has 1 aromatic carbocycles. The van der Waals surface area contributed by atoms with Gasteiger partial charge in [0.25, 0.3) is 0 Å². The molecule has 3 rings (SSSR count). The summed E-state index contributed by atoms with van der Waals surface area (Å²) in [7, 11) is -2.33. The van der Waals surface area contributed by atoms with E-state index in [1.165, 1.54) is 12.8 Å². The highest BCUT2D eigenvalue weighted by molar-refractivity contribution is 7.99. The molecule has 3 atom stereocenters. The van der Waals surface area contributed by atoms with E-state index in [4.69, 9.17) is 4.74 Å². The molecular formula is C25H36N2O4S. The molecule has 1 saturated heterocycles. The van der Waals surface area contributed by atoms with Crippen LogP contribution in [-0.2, 0) is 19.3 Å². The largest absolute Gasteiger partial charge is 0.493 e. The van der Waals surface area contributed by atoms with Crippen LogP contribution in [0.15, 0.2) is 36.4 Å². The molecule has 1 aliphatic carbocycles. The van der Waals surface area contributed by atoms with Gasteiger partial charge in [-0.1, -0.05) is 31.2 Å². The predicted octanol–water partition coefficient (Wildman–Crippen LogP) is 3.93. The molecule has 0 spiro atoms. The first-order valence-electron chi connectivity index (χ1n) is 11.7. The number of rotatable bonds is 12. The molecule has 32 heavy (non-hydrogen) atoms. The first-order valence-corrected chi connectivity index (χ1v) is 13.5. The van der Waals surface area contributed by atoms with E-state index >= 15 is 0 Å². The Morgan fingerprint density at radius 2 is 2.06 bits per heavy atom. The minimum absolute atomic E-state index is 0.0674. The standard InChI is InChI=1S/C25H36N2O4S/c1-3-15-32(30,16-6-4-5-8-21-13-14-24(28)26-25(21)29)27-19(2)22-9-7-10-23(17-22)31-18-20-11-12-20/h4-5,7,9-10,15,17,19-21H,3,6,8,11-14,16,18H2,1-2H3,(H,27,30)(H,26,28,29)/b5-4+/t19-,21?,32?/m1/s1. The maximum Gasteiger partial charge on any atom is 0.229 e. The zero-order valence-corrected chi connectivity index (χ0v) is 20.0. The molecular weight excluding hydrogens is 424 g/mol. The summed E-state index contributed by atoms with van der Waals surface area (Å²) in [6.45, 7) is 4.80. The van der Waals surface area contributed by atoms with Crippen molar-refractivity contribution in [3.05, 3.63) is 42.0 Å². The molecule has 1 heterocycles. The Morgan fingerprint density at radius 3 is 2.78 bits per heavy atom. The monoisotopic (exact) mass is 460 g/mol. The van der Waals surface area contributed by atoms with Crippen molar-refractivity contribution in [3.63, 3.8) is 0 Å². The molecule has 0 radical (unpaired) electrons. The van der Waals surface area contributed by atoms with Crippen molar-refractivity contribution < 1.29 is 18.5 Å². The molecule has 0 bridgehead atoms. The minimum atomic E-state index is -2.33. The molecule has 7 heteroatoms. The van der Waals surface area contributed by atoms with E-state index < -0.39 is 9.71 Å². The van der Waals surface area contributed by atoms with Crippen molar-refractivity contribution in [2.45, 2.75) is 64.8 Å². The number of piperidine rings is 1. The number of allylic oxidation sites excluding steroid dienone is 2. The summed E-state index contributed by atoms with van der Waals surface area (Å²) in [4.78, 5) is 23.1. The van der Waals surface area contributed by atoms with Crippen molar-refractivity contribution in [2.24, 2.45) is 11.8 Å². The van der Waals surface area contributed by atoms with Gasteiger partial charge in [0.15, 0.2) is 0 Å². The fourth-order valence-corrected chi connectivity index (χ4v) is 5.92. The highest BCUT2D eigenvalue weighted by Crippen LogP contribution is 2.30. The van der Waals surface area contributed by atoms with Gasteiger partial charge in [-0.25, -0.2) is 4.72 Å². The second-order valence-corrected chi connectivity index (χ2v) is 11.2. The summed E-state index contributed by atoms with van der Waals surface area (Å²) in [5, 5.41) is 4.27. The summed E-state index contributed by atoms with van der Waals surface area (Å²) in [6.07, 6.45) is 9.46. The van der Waals surface area contributed by atoms with E-state index in [0.29, 0.717) is 37.4 Å². The van der Waals surface area contributed by atoms with E-state index in [2.05, 4.69) is 10.0 Å². The van der Waals surface area contributed by atoms with Gasteiger partial charge >= 0.3 is 0 Å². The molecule has 2 fully saturated rings. The van der Waals surface area contributed by atoms with Gasteiger partial charge in [0.1, 0.15) is 5.75 Å². The summed E-state index contributed by atoms with van der Waals surface area (Å²) in [5.41, 5.74) is 1.06. The predicted molar refractivity (Wildman–Crippen MR) is 130 cm³/mol. The second-order valence-electron chi connectivity index (χ2n) is 8.82. The highest BCUT2D eigenvalue weighted by atomic mass is 32.2. The molecule has 1 saturated carbocycles. The average molecular weight is 461 g/mol. The Labute approximate surface area is 192 Å². The van der Waals surface area contributed by atoms with Crippen LogP contribution in [-0.4, -0.2) is 33.8 Å². The number of benzene rings is 1. The third kappa shape index (κ3) is 7.78. The first-order chi connectivity index (χ1) is 15.4. The molecule has 2 N–H and O–H groups in total. The maximum absolute atomic E-state index is 13.5. The number of ether oxygens (including phenoxy) is 1. The van der Waals surface area contributed by atoms with Crippen molar-refractivity contribution in [1.82, 2.24) is 10.0 Å². The van der Waals surface area contributed by atoms with Gasteiger partial charge in [0.05, 0.1) is 6.61 Å². The van der Waals surface area contributed by atoms with Gasteiger partial charge < -0.3 is 4.74 Å². The van der Waals surface area contributed by atoms with E-state index in [0.717, 1.165) is 24.3 Å². The third-order valence-electron chi connectivity index (χ3n) is 5.88. The van der Waals surface area contributed by atoms with Crippen LogP contribution in [0.25, 0.3) is 0 Å². The van der Waals surface area contributed by atoms with E-state index in [-0.39, 0.29) is 23.8 Å². The molecule has 1 aromatic rings.